The molecule has 0 spiro atoms. The van der Waals surface area contributed by atoms with E-state index in [1.807, 2.05) is 4.68 Å². The zero-order chi connectivity index (χ0) is 16.9. The summed E-state index contributed by atoms with van der Waals surface area (Å²) in [6.07, 6.45) is 8.32. The first-order valence-electron chi connectivity index (χ1n) is 9.77. The van der Waals surface area contributed by atoms with Crippen molar-refractivity contribution in [1.29, 1.82) is 0 Å². The lowest BCUT2D eigenvalue weighted by Crippen LogP contribution is -2.43. The Labute approximate surface area is 146 Å². The molecule has 5 heteroatoms. The van der Waals surface area contributed by atoms with Crippen molar-refractivity contribution in [1.82, 2.24) is 20.0 Å². The minimum absolute atomic E-state index is 0.147. The maximum absolute atomic E-state index is 9.12. The molecule has 24 heavy (non-hydrogen) atoms. The van der Waals surface area contributed by atoms with E-state index >= 15 is 0 Å². The van der Waals surface area contributed by atoms with Gasteiger partial charge in [-0.15, -0.1) is 0 Å². The SMILES string of the molecule is Cc1nn(CCO)c(C)c1CNC1CCN(CC2CCCC2)CC1. The summed E-state index contributed by atoms with van der Waals surface area (Å²) in [6, 6.07) is 0.629. The third-order valence-corrected chi connectivity index (χ3v) is 5.99. The number of nitrogens with zero attached hydrogens (tertiary/aromatic N) is 3. The number of hydrogen-bond acceptors (Lipinski definition) is 4. The van der Waals surface area contributed by atoms with Crippen LogP contribution in [0.1, 0.15) is 55.5 Å². The maximum Gasteiger partial charge on any atom is 0.0644 e. The Morgan fingerprint density at radius 2 is 1.83 bits per heavy atom. The van der Waals surface area contributed by atoms with Gasteiger partial charge in [0, 0.05) is 30.4 Å². The molecule has 1 aromatic heterocycles. The fourth-order valence-corrected chi connectivity index (χ4v) is 4.43. The molecule has 1 aliphatic heterocycles. The van der Waals surface area contributed by atoms with Gasteiger partial charge in [-0.3, -0.25) is 4.68 Å². The fraction of sp³-hybridized carbons (Fsp3) is 0.842. The van der Waals surface area contributed by atoms with Crippen LogP contribution in [0.2, 0.25) is 0 Å². The van der Waals surface area contributed by atoms with Crippen LogP contribution in [0.5, 0.6) is 0 Å². The number of piperidine rings is 1. The molecule has 2 N–H and O–H groups in total. The molecule has 1 saturated carbocycles. The van der Waals surface area contributed by atoms with Crippen LogP contribution in [-0.2, 0) is 13.1 Å². The highest BCUT2D eigenvalue weighted by Gasteiger charge is 2.23. The second-order valence-corrected chi connectivity index (χ2v) is 7.70. The van der Waals surface area contributed by atoms with E-state index < -0.39 is 0 Å². The van der Waals surface area contributed by atoms with Crippen LogP contribution in [0.15, 0.2) is 0 Å². The highest BCUT2D eigenvalue weighted by atomic mass is 16.3. The molecular formula is C19H34N4O. The molecule has 1 saturated heterocycles. The average Bonchev–Trinajstić information content (AvgIpc) is 3.17. The Balaban J connectivity index is 1.43. The number of aryl methyl sites for hydroxylation is 1. The van der Waals surface area contributed by atoms with Crippen LogP contribution < -0.4 is 5.32 Å². The van der Waals surface area contributed by atoms with E-state index in [0.717, 1.165) is 18.2 Å². The van der Waals surface area contributed by atoms with Gasteiger partial charge in [-0.2, -0.15) is 5.10 Å². The Hall–Kier alpha value is -0.910. The molecule has 5 nitrogen and oxygen atoms in total. The first-order valence-corrected chi connectivity index (χ1v) is 9.77. The van der Waals surface area contributed by atoms with E-state index in [1.54, 1.807) is 0 Å². The summed E-state index contributed by atoms with van der Waals surface area (Å²) in [5.74, 6) is 0.970. The topological polar surface area (TPSA) is 53.3 Å². The van der Waals surface area contributed by atoms with Gasteiger partial charge in [0.15, 0.2) is 0 Å². The summed E-state index contributed by atoms with van der Waals surface area (Å²) in [4.78, 5) is 2.68. The van der Waals surface area contributed by atoms with Crippen LogP contribution in [0, 0.1) is 19.8 Å². The molecule has 136 valence electrons. The molecule has 0 bridgehead atoms. The van der Waals surface area contributed by atoms with Crippen molar-refractivity contribution < 1.29 is 5.11 Å². The van der Waals surface area contributed by atoms with Gasteiger partial charge in [0.05, 0.1) is 18.8 Å². The van der Waals surface area contributed by atoms with Crippen LogP contribution >= 0.6 is 0 Å². The molecule has 0 amide bonds. The van der Waals surface area contributed by atoms with Gasteiger partial charge >= 0.3 is 0 Å². The van der Waals surface area contributed by atoms with Crippen LogP contribution in [0.4, 0.5) is 0 Å². The summed E-state index contributed by atoms with van der Waals surface area (Å²) in [7, 11) is 0. The minimum Gasteiger partial charge on any atom is -0.394 e. The third kappa shape index (κ3) is 4.38. The summed E-state index contributed by atoms with van der Waals surface area (Å²) < 4.78 is 1.93. The van der Waals surface area contributed by atoms with E-state index in [1.165, 1.54) is 69.4 Å². The smallest absolute Gasteiger partial charge is 0.0644 e. The van der Waals surface area contributed by atoms with E-state index in [0.29, 0.717) is 12.6 Å². The van der Waals surface area contributed by atoms with Gasteiger partial charge < -0.3 is 15.3 Å². The van der Waals surface area contributed by atoms with Gasteiger partial charge in [-0.05, 0) is 58.5 Å². The number of rotatable bonds is 7. The fourth-order valence-electron chi connectivity index (χ4n) is 4.43. The number of likely N-dealkylation sites (tertiary alicyclic amines) is 1. The molecule has 2 fully saturated rings. The van der Waals surface area contributed by atoms with Crippen molar-refractivity contribution in [2.75, 3.05) is 26.2 Å². The van der Waals surface area contributed by atoms with Crippen LogP contribution in [0.3, 0.4) is 0 Å². The quantitative estimate of drug-likeness (QED) is 0.803. The maximum atomic E-state index is 9.12. The minimum atomic E-state index is 0.147. The first kappa shape index (κ1) is 17.9. The van der Waals surface area contributed by atoms with Gasteiger partial charge in [-0.25, -0.2) is 0 Å². The lowest BCUT2D eigenvalue weighted by molar-refractivity contribution is 0.172. The van der Waals surface area contributed by atoms with Gasteiger partial charge in [-0.1, -0.05) is 12.8 Å². The standard InChI is InChI=1S/C19H34N4O/c1-15-19(16(2)23(21-15)11-12-24)13-20-18-7-9-22(10-8-18)14-17-5-3-4-6-17/h17-18,20,24H,3-14H2,1-2H3. The zero-order valence-electron chi connectivity index (χ0n) is 15.4. The molecular weight excluding hydrogens is 300 g/mol. The van der Waals surface area contributed by atoms with E-state index in [2.05, 4.69) is 29.2 Å². The Morgan fingerprint density at radius 1 is 1.12 bits per heavy atom. The average molecular weight is 335 g/mol. The number of hydrogen-bond donors (Lipinski definition) is 2. The van der Waals surface area contributed by atoms with Crippen molar-refractivity contribution >= 4 is 0 Å². The first-order chi connectivity index (χ1) is 11.7. The van der Waals surface area contributed by atoms with Crippen molar-refractivity contribution in [2.24, 2.45) is 5.92 Å². The van der Waals surface area contributed by atoms with Crippen LogP contribution in [0.25, 0.3) is 0 Å². The summed E-state index contributed by atoms with van der Waals surface area (Å²) in [5.41, 5.74) is 3.58. The lowest BCUT2D eigenvalue weighted by Gasteiger charge is -2.34. The summed E-state index contributed by atoms with van der Waals surface area (Å²) in [5, 5.41) is 17.4. The summed E-state index contributed by atoms with van der Waals surface area (Å²) in [6.45, 7) is 9.64. The second-order valence-electron chi connectivity index (χ2n) is 7.70. The van der Waals surface area contributed by atoms with Crippen molar-refractivity contribution in [3.63, 3.8) is 0 Å². The molecule has 0 aromatic carbocycles. The van der Waals surface area contributed by atoms with Crippen molar-refractivity contribution in [3.05, 3.63) is 17.0 Å². The third-order valence-electron chi connectivity index (χ3n) is 5.99. The molecule has 1 aromatic rings. The Kier molecular flexibility index (Phi) is 6.31. The lowest BCUT2D eigenvalue weighted by atomic mass is 10.0. The normalized spacial score (nSPS) is 21.0. The Bertz CT molecular complexity index is 514. The predicted octanol–water partition coefficient (Wildman–Crippen LogP) is 2.24. The molecule has 0 atom stereocenters. The highest BCUT2D eigenvalue weighted by Crippen LogP contribution is 2.26. The Morgan fingerprint density at radius 3 is 2.50 bits per heavy atom. The van der Waals surface area contributed by atoms with Crippen molar-refractivity contribution in [3.8, 4) is 0 Å². The van der Waals surface area contributed by atoms with Gasteiger partial charge in [0.25, 0.3) is 0 Å². The second kappa shape index (κ2) is 8.45. The summed E-state index contributed by atoms with van der Waals surface area (Å²) >= 11 is 0. The monoisotopic (exact) mass is 334 g/mol. The highest BCUT2D eigenvalue weighted by molar-refractivity contribution is 5.24. The molecule has 1 aliphatic carbocycles. The number of aromatic nitrogens is 2. The molecule has 0 radical (unpaired) electrons. The molecule has 3 rings (SSSR count). The van der Waals surface area contributed by atoms with Crippen LogP contribution in [-0.4, -0.2) is 52.1 Å². The van der Waals surface area contributed by atoms with Gasteiger partial charge in [0.2, 0.25) is 0 Å². The van der Waals surface area contributed by atoms with Gasteiger partial charge in [0.1, 0.15) is 0 Å². The number of aliphatic hydroxyl groups is 1. The number of nitrogens with one attached hydrogen (secondary N) is 1. The molecule has 2 heterocycles. The zero-order valence-corrected chi connectivity index (χ0v) is 15.4. The van der Waals surface area contributed by atoms with E-state index in [-0.39, 0.29) is 6.61 Å². The van der Waals surface area contributed by atoms with E-state index in [9.17, 15) is 0 Å². The van der Waals surface area contributed by atoms with E-state index in [4.69, 9.17) is 5.11 Å². The molecule has 0 unspecified atom stereocenters. The van der Waals surface area contributed by atoms with Crippen molar-refractivity contribution in [2.45, 2.75) is 71.5 Å². The predicted molar refractivity (Wildman–Crippen MR) is 97.0 cm³/mol. The number of aliphatic hydroxyl groups excluding tert-OH is 1. The molecule has 2 aliphatic rings. The largest absolute Gasteiger partial charge is 0.394 e.